The van der Waals surface area contributed by atoms with Gasteiger partial charge in [0.25, 0.3) is 0 Å². The molecule has 1 aromatic heterocycles. The molecule has 1 aliphatic heterocycles. The van der Waals surface area contributed by atoms with Crippen LogP contribution in [0.15, 0.2) is 30.2 Å². The maximum Gasteiger partial charge on any atom is 0.237 e. The first-order chi connectivity index (χ1) is 9.22. The molecule has 1 amide bonds. The van der Waals surface area contributed by atoms with Gasteiger partial charge in [0.15, 0.2) is 0 Å². The molecule has 1 aromatic rings. The van der Waals surface area contributed by atoms with Gasteiger partial charge in [-0.3, -0.25) is 9.69 Å². The summed E-state index contributed by atoms with van der Waals surface area (Å²) in [4.78, 5) is 17.3. The number of likely N-dealkylation sites (tertiary alicyclic amines) is 1. The van der Waals surface area contributed by atoms with Crippen LogP contribution in [-0.2, 0) is 11.3 Å². The fourth-order valence-electron chi connectivity index (χ4n) is 2.21. The van der Waals surface area contributed by atoms with E-state index in [-0.39, 0.29) is 12.5 Å². The van der Waals surface area contributed by atoms with Gasteiger partial charge in [-0.15, -0.1) is 17.9 Å². The number of rotatable bonds is 7. The van der Waals surface area contributed by atoms with Gasteiger partial charge in [0, 0.05) is 37.0 Å². The highest BCUT2D eigenvalue weighted by molar-refractivity contribution is 7.09. The Morgan fingerprint density at radius 2 is 2.42 bits per heavy atom. The molecule has 4 nitrogen and oxygen atoms in total. The molecule has 0 spiro atoms. The van der Waals surface area contributed by atoms with Gasteiger partial charge in [-0.05, 0) is 11.4 Å². The molecular formula is C14H20N2O2S. The molecule has 0 bridgehead atoms. The topological polar surface area (TPSA) is 43.8 Å². The van der Waals surface area contributed by atoms with E-state index in [0.29, 0.717) is 25.6 Å². The summed E-state index contributed by atoms with van der Waals surface area (Å²) < 4.78 is 0. The largest absolute Gasteiger partial charge is 0.396 e. The number of hydrogen-bond donors (Lipinski definition) is 1. The number of carbonyl (C=O) groups is 1. The molecular weight excluding hydrogens is 260 g/mol. The molecule has 5 heteroatoms. The van der Waals surface area contributed by atoms with E-state index in [1.807, 2.05) is 22.4 Å². The van der Waals surface area contributed by atoms with E-state index in [1.165, 1.54) is 4.88 Å². The summed E-state index contributed by atoms with van der Waals surface area (Å²) in [6, 6.07) is 4.04. The van der Waals surface area contributed by atoms with Crippen LogP contribution >= 0.6 is 11.3 Å². The third-order valence-electron chi connectivity index (χ3n) is 3.28. The van der Waals surface area contributed by atoms with Crippen molar-refractivity contribution in [2.24, 2.45) is 5.92 Å². The molecule has 0 aliphatic carbocycles. The lowest BCUT2D eigenvalue weighted by Gasteiger charge is -2.38. The lowest BCUT2D eigenvalue weighted by molar-refractivity contribution is -0.134. The Kier molecular flexibility index (Phi) is 5.13. The van der Waals surface area contributed by atoms with Gasteiger partial charge in [-0.25, -0.2) is 0 Å². The number of aliphatic hydroxyl groups is 1. The summed E-state index contributed by atoms with van der Waals surface area (Å²) in [7, 11) is 0. The Morgan fingerprint density at radius 3 is 3.00 bits per heavy atom. The standard InChI is InChI=1S/C14H20N2O2S/c1-2-5-16(9-13-4-3-6-19-13)14(18)10-15-7-12(8-15)11-17/h2-4,6,12,17H,1,5,7-11H2. The number of nitrogens with zero attached hydrogens (tertiary/aromatic N) is 2. The third kappa shape index (κ3) is 3.89. The Labute approximate surface area is 118 Å². The predicted molar refractivity (Wildman–Crippen MR) is 76.9 cm³/mol. The number of hydrogen-bond acceptors (Lipinski definition) is 4. The van der Waals surface area contributed by atoms with Crippen LogP contribution in [0.4, 0.5) is 0 Å². The maximum absolute atomic E-state index is 12.2. The van der Waals surface area contributed by atoms with Gasteiger partial charge in [0.05, 0.1) is 13.1 Å². The molecule has 1 saturated heterocycles. The zero-order valence-corrected chi connectivity index (χ0v) is 11.8. The molecule has 1 N–H and O–H groups in total. The summed E-state index contributed by atoms with van der Waals surface area (Å²) in [5.41, 5.74) is 0. The smallest absolute Gasteiger partial charge is 0.237 e. The Hall–Kier alpha value is -1.17. The van der Waals surface area contributed by atoms with Crippen molar-refractivity contribution in [3.63, 3.8) is 0 Å². The minimum absolute atomic E-state index is 0.129. The molecule has 1 fully saturated rings. The van der Waals surface area contributed by atoms with Crippen LogP contribution in [0.3, 0.4) is 0 Å². The molecule has 19 heavy (non-hydrogen) atoms. The second-order valence-electron chi connectivity index (χ2n) is 4.88. The summed E-state index contributed by atoms with van der Waals surface area (Å²) in [5, 5.41) is 11.0. The van der Waals surface area contributed by atoms with E-state index in [1.54, 1.807) is 17.4 Å². The van der Waals surface area contributed by atoms with Crippen LogP contribution in [0.5, 0.6) is 0 Å². The Morgan fingerprint density at radius 1 is 1.63 bits per heavy atom. The average Bonchev–Trinajstić information content (AvgIpc) is 2.85. The lowest BCUT2D eigenvalue weighted by atomic mass is 10.0. The molecule has 104 valence electrons. The van der Waals surface area contributed by atoms with Crippen molar-refractivity contribution in [2.75, 3.05) is 32.8 Å². The van der Waals surface area contributed by atoms with Crippen LogP contribution in [-0.4, -0.2) is 53.6 Å². The second-order valence-corrected chi connectivity index (χ2v) is 5.92. The van der Waals surface area contributed by atoms with Crippen molar-refractivity contribution in [1.29, 1.82) is 0 Å². The summed E-state index contributed by atoms with van der Waals surface area (Å²) in [5.74, 6) is 0.475. The summed E-state index contributed by atoms with van der Waals surface area (Å²) >= 11 is 1.66. The Balaban J connectivity index is 1.84. The van der Waals surface area contributed by atoms with Gasteiger partial charge >= 0.3 is 0 Å². The first kappa shape index (κ1) is 14.2. The maximum atomic E-state index is 12.2. The normalized spacial score (nSPS) is 16.1. The quantitative estimate of drug-likeness (QED) is 0.763. The third-order valence-corrected chi connectivity index (χ3v) is 4.14. The van der Waals surface area contributed by atoms with Gasteiger partial charge < -0.3 is 10.0 Å². The van der Waals surface area contributed by atoms with Crippen LogP contribution in [0.2, 0.25) is 0 Å². The van der Waals surface area contributed by atoms with Gasteiger partial charge in [-0.2, -0.15) is 0 Å². The van der Waals surface area contributed by atoms with Crippen LogP contribution in [0, 0.1) is 5.92 Å². The van der Waals surface area contributed by atoms with E-state index in [9.17, 15) is 4.79 Å². The SMILES string of the molecule is C=CCN(Cc1cccs1)C(=O)CN1CC(CO)C1. The highest BCUT2D eigenvalue weighted by Crippen LogP contribution is 2.16. The molecule has 0 atom stereocenters. The van der Waals surface area contributed by atoms with Gasteiger partial charge in [0.1, 0.15) is 0 Å². The summed E-state index contributed by atoms with van der Waals surface area (Å²) in [6.07, 6.45) is 1.76. The highest BCUT2D eigenvalue weighted by atomic mass is 32.1. The van der Waals surface area contributed by atoms with Crippen LogP contribution < -0.4 is 0 Å². The van der Waals surface area contributed by atoms with Crippen LogP contribution in [0.25, 0.3) is 0 Å². The van der Waals surface area contributed by atoms with Crippen molar-refractivity contribution in [2.45, 2.75) is 6.54 Å². The lowest BCUT2D eigenvalue weighted by Crippen LogP contribution is -2.52. The number of carbonyl (C=O) groups excluding carboxylic acids is 1. The van der Waals surface area contributed by atoms with Crippen molar-refractivity contribution < 1.29 is 9.90 Å². The van der Waals surface area contributed by atoms with E-state index in [2.05, 4.69) is 11.5 Å². The second kappa shape index (κ2) is 6.84. The minimum Gasteiger partial charge on any atom is -0.396 e. The minimum atomic E-state index is 0.129. The Bertz CT molecular complexity index is 413. The highest BCUT2D eigenvalue weighted by Gasteiger charge is 2.28. The first-order valence-corrected chi connectivity index (χ1v) is 7.35. The van der Waals surface area contributed by atoms with Crippen molar-refractivity contribution in [3.05, 3.63) is 35.0 Å². The summed E-state index contributed by atoms with van der Waals surface area (Å²) in [6.45, 7) is 7.25. The fraction of sp³-hybridized carbons (Fsp3) is 0.500. The number of thiophene rings is 1. The number of aliphatic hydroxyl groups excluding tert-OH is 1. The van der Waals surface area contributed by atoms with Gasteiger partial charge in [0.2, 0.25) is 5.91 Å². The van der Waals surface area contributed by atoms with Gasteiger partial charge in [-0.1, -0.05) is 12.1 Å². The molecule has 0 saturated carbocycles. The average molecular weight is 280 g/mol. The fourth-order valence-corrected chi connectivity index (χ4v) is 2.93. The van der Waals surface area contributed by atoms with Crippen molar-refractivity contribution in [1.82, 2.24) is 9.80 Å². The molecule has 0 aromatic carbocycles. The number of amides is 1. The molecule has 0 radical (unpaired) electrons. The molecule has 2 heterocycles. The van der Waals surface area contributed by atoms with E-state index < -0.39 is 0 Å². The zero-order chi connectivity index (χ0) is 13.7. The van der Waals surface area contributed by atoms with Crippen molar-refractivity contribution >= 4 is 17.2 Å². The predicted octanol–water partition coefficient (Wildman–Crippen LogP) is 1.19. The molecule has 2 rings (SSSR count). The first-order valence-electron chi connectivity index (χ1n) is 6.47. The van der Waals surface area contributed by atoms with E-state index >= 15 is 0 Å². The zero-order valence-electron chi connectivity index (χ0n) is 11.0. The molecule has 1 aliphatic rings. The molecule has 0 unspecified atom stereocenters. The van der Waals surface area contributed by atoms with E-state index in [0.717, 1.165) is 13.1 Å². The van der Waals surface area contributed by atoms with E-state index in [4.69, 9.17) is 5.11 Å². The van der Waals surface area contributed by atoms with Crippen LogP contribution in [0.1, 0.15) is 4.88 Å². The monoisotopic (exact) mass is 280 g/mol. The van der Waals surface area contributed by atoms with Crippen molar-refractivity contribution in [3.8, 4) is 0 Å².